The molecule has 118 valence electrons. The molecule has 7 heteroatoms. The summed E-state index contributed by atoms with van der Waals surface area (Å²) in [7, 11) is -2.05. The van der Waals surface area contributed by atoms with Crippen LogP contribution in [0, 0.1) is 0 Å². The Morgan fingerprint density at radius 1 is 1.24 bits per heavy atom. The second-order valence-electron chi connectivity index (χ2n) is 5.31. The fourth-order valence-electron chi connectivity index (χ4n) is 2.62. The van der Waals surface area contributed by atoms with Crippen LogP contribution in [-0.4, -0.2) is 33.0 Å². The molecule has 2 rings (SSSR count). The van der Waals surface area contributed by atoms with E-state index in [9.17, 15) is 8.42 Å². The Balaban J connectivity index is 2.05. The minimum Gasteiger partial charge on any atom is -0.397 e. The summed E-state index contributed by atoms with van der Waals surface area (Å²) in [6.45, 7) is 0. The van der Waals surface area contributed by atoms with Crippen molar-refractivity contribution in [2.45, 2.75) is 41.9 Å². The number of sulfonamides is 1. The lowest BCUT2D eigenvalue weighted by Gasteiger charge is -2.29. The Morgan fingerprint density at radius 2 is 1.90 bits per heavy atom. The van der Waals surface area contributed by atoms with Crippen LogP contribution in [-0.2, 0) is 10.0 Å². The highest BCUT2D eigenvalue weighted by molar-refractivity contribution is 7.99. The van der Waals surface area contributed by atoms with Crippen molar-refractivity contribution in [3.63, 3.8) is 0 Å². The third kappa shape index (κ3) is 4.05. The fraction of sp³-hybridized carbons (Fsp3) is 0.571. The summed E-state index contributed by atoms with van der Waals surface area (Å²) in [5, 5.41) is 4.21. The molecule has 4 N–H and O–H groups in total. The van der Waals surface area contributed by atoms with E-state index in [2.05, 4.69) is 16.3 Å². The molecular formula is C14H23N3O2S2. The molecule has 0 aliphatic heterocycles. The largest absolute Gasteiger partial charge is 0.397 e. The Hall–Kier alpha value is -0.920. The maximum absolute atomic E-state index is 11.7. The van der Waals surface area contributed by atoms with Crippen molar-refractivity contribution in [1.29, 1.82) is 0 Å². The van der Waals surface area contributed by atoms with Crippen LogP contribution >= 0.6 is 11.8 Å². The van der Waals surface area contributed by atoms with Gasteiger partial charge >= 0.3 is 0 Å². The van der Waals surface area contributed by atoms with E-state index in [0.29, 0.717) is 11.7 Å². The van der Waals surface area contributed by atoms with Crippen LogP contribution in [0.25, 0.3) is 0 Å². The summed E-state index contributed by atoms with van der Waals surface area (Å²) in [5.41, 5.74) is 7.27. The number of nitrogens with one attached hydrogen (secondary N) is 2. The number of nitrogen functional groups attached to an aromatic ring is 1. The molecule has 21 heavy (non-hydrogen) atoms. The molecule has 0 aromatic heterocycles. The minimum absolute atomic E-state index is 0.194. The quantitative estimate of drug-likeness (QED) is 0.722. The minimum atomic E-state index is -3.44. The SMILES string of the molecule is CNS(=O)(=O)c1ccc(NC2CCC(SC)CC2)c(N)c1. The van der Waals surface area contributed by atoms with E-state index in [1.165, 1.54) is 26.0 Å². The zero-order valence-corrected chi connectivity index (χ0v) is 14.1. The first-order valence-corrected chi connectivity index (χ1v) is 9.85. The van der Waals surface area contributed by atoms with Crippen molar-refractivity contribution < 1.29 is 8.42 Å². The number of hydrogen-bond donors (Lipinski definition) is 3. The molecule has 1 aromatic carbocycles. The highest BCUT2D eigenvalue weighted by Crippen LogP contribution is 2.30. The van der Waals surface area contributed by atoms with E-state index in [1.807, 2.05) is 11.8 Å². The van der Waals surface area contributed by atoms with Gasteiger partial charge in [0.2, 0.25) is 10.0 Å². The molecule has 1 aromatic rings. The van der Waals surface area contributed by atoms with Crippen LogP contribution in [0.4, 0.5) is 11.4 Å². The van der Waals surface area contributed by atoms with Crippen LogP contribution in [0.2, 0.25) is 0 Å². The van der Waals surface area contributed by atoms with Gasteiger partial charge in [-0.2, -0.15) is 11.8 Å². The van der Waals surface area contributed by atoms with Gasteiger partial charge in [0.05, 0.1) is 16.3 Å². The first kappa shape index (κ1) is 16.5. The summed E-state index contributed by atoms with van der Waals surface area (Å²) in [6, 6.07) is 5.25. The average Bonchev–Trinajstić information content (AvgIpc) is 2.50. The van der Waals surface area contributed by atoms with E-state index in [-0.39, 0.29) is 4.90 Å². The first-order valence-electron chi connectivity index (χ1n) is 7.08. The highest BCUT2D eigenvalue weighted by Gasteiger charge is 2.21. The van der Waals surface area contributed by atoms with E-state index in [1.54, 1.807) is 12.1 Å². The number of thioether (sulfide) groups is 1. The van der Waals surface area contributed by atoms with Gasteiger partial charge in [-0.3, -0.25) is 0 Å². The zero-order valence-electron chi connectivity index (χ0n) is 12.4. The molecule has 0 amide bonds. The lowest BCUT2D eigenvalue weighted by molar-refractivity contribution is 0.473. The van der Waals surface area contributed by atoms with E-state index in [0.717, 1.165) is 23.8 Å². The predicted octanol–water partition coefficient (Wildman–Crippen LogP) is 2.26. The van der Waals surface area contributed by atoms with Crippen molar-refractivity contribution >= 4 is 33.2 Å². The molecule has 0 spiro atoms. The van der Waals surface area contributed by atoms with Crippen molar-refractivity contribution in [3.8, 4) is 0 Å². The monoisotopic (exact) mass is 329 g/mol. The Bertz CT molecular complexity index is 582. The number of benzene rings is 1. The van der Waals surface area contributed by atoms with Gasteiger partial charge < -0.3 is 11.1 Å². The van der Waals surface area contributed by atoms with Gasteiger partial charge in [-0.05, 0) is 57.2 Å². The molecule has 5 nitrogen and oxygen atoms in total. The summed E-state index contributed by atoms with van der Waals surface area (Å²) < 4.78 is 25.8. The molecule has 1 fully saturated rings. The maximum atomic E-state index is 11.7. The standard InChI is InChI=1S/C14H23N3O2S2/c1-16-21(18,19)12-7-8-14(13(15)9-12)17-10-3-5-11(20-2)6-4-10/h7-11,16-17H,3-6,15H2,1-2H3. The van der Waals surface area contributed by atoms with Gasteiger partial charge in [0, 0.05) is 11.3 Å². The van der Waals surface area contributed by atoms with Crippen molar-refractivity contribution in [2.24, 2.45) is 0 Å². The van der Waals surface area contributed by atoms with Crippen LogP contribution in [0.5, 0.6) is 0 Å². The van der Waals surface area contributed by atoms with Gasteiger partial charge in [0.1, 0.15) is 0 Å². The molecule has 0 atom stereocenters. The van der Waals surface area contributed by atoms with Gasteiger partial charge in [-0.25, -0.2) is 13.1 Å². The van der Waals surface area contributed by atoms with Gasteiger partial charge in [-0.1, -0.05) is 0 Å². The molecule has 1 aliphatic rings. The third-order valence-electron chi connectivity index (χ3n) is 3.97. The lowest BCUT2D eigenvalue weighted by atomic mass is 9.94. The molecular weight excluding hydrogens is 306 g/mol. The molecule has 1 aliphatic carbocycles. The van der Waals surface area contributed by atoms with Crippen LogP contribution < -0.4 is 15.8 Å². The smallest absolute Gasteiger partial charge is 0.240 e. The number of anilines is 2. The molecule has 0 unspecified atom stereocenters. The normalized spacial score (nSPS) is 23.0. The predicted molar refractivity (Wildman–Crippen MR) is 90.3 cm³/mol. The van der Waals surface area contributed by atoms with E-state index >= 15 is 0 Å². The van der Waals surface area contributed by atoms with Crippen molar-refractivity contribution in [1.82, 2.24) is 4.72 Å². The van der Waals surface area contributed by atoms with Crippen LogP contribution in [0.1, 0.15) is 25.7 Å². The second kappa shape index (κ2) is 6.89. The number of rotatable bonds is 5. The molecule has 0 heterocycles. The molecule has 1 saturated carbocycles. The first-order chi connectivity index (χ1) is 9.96. The topological polar surface area (TPSA) is 84.2 Å². The lowest BCUT2D eigenvalue weighted by Crippen LogP contribution is -2.27. The van der Waals surface area contributed by atoms with Gasteiger partial charge in [-0.15, -0.1) is 0 Å². The van der Waals surface area contributed by atoms with E-state index < -0.39 is 10.0 Å². The molecule has 0 bridgehead atoms. The zero-order chi connectivity index (χ0) is 15.5. The van der Waals surface area contributed by atoms with Crippen LogP contribution in [0.3, 0.4) is 0 Å². The Labute approximate surface area is 131 Å². The highest BCUT2D eigenvalue weighted by atomic mass is 32.2. The fourth-order valence-corrected chi connectivity index (χ4v) is 4.13. The van der Waals surface area contributed by atoms with Crippen LogP contribution in [0.15, 0.2) is 23.1 Å². The second-order valence-corrected chi connectivity index (χ2v) is 8.33. The summed E-state index contributed by atoms with van der Waals surface area (Å²) in [4.78, 5) is 0.194. The average molecular weight is 329 g/mol. The third-order valence-corrected chi connectivity index (χ3v) is 6.52. The maximum Gasteiger partial charge on any atom is 0.240 e. The van der Waals surface area contributed by atoms with E-state index in [4.69, 9.17) is 5.73 Å². The molecule has 0 saturated heterocycles. The number of hydrogen-bond acceptors (Lipinski definition) is 5. The van der Waals surface area contributed by atoms with Crippen molar-refractivity contribution in [2.75, 3.05) is 24.4 Å². The van der Waals surface area contributed by atoms with Crippen molar-refractivity contribution in [3.05, 3.63) is 18.2 Å². The van der Waals surface area contributed by atoms with Gasteiger partial charge in [0.15, 0.2) is 0 Å². The Morgan fingerprint density at radius 3 is 2.43 bits per heavy atom. The summed E-state index contributed by atoms with van der Waals surface area (Å²) >= 11 is 1.94. The summed E-state index contributed by atoms with van der Waals surface area (Å²) in [6.07, 6.45) is 6.84. The molecule has 0 radical (unpaired) electrons. The number of nitrogens with two attached hydrogens (primary N) is 1. The summed E-state index contributed by atoms with van der Waals surface area (Å²) in [5.74, 6) is 0. The van der Waals surface area contributed by atoms with Gasteiger partial charge in [0.25, 0.3) is 0 Å². The Kier molecular flexibility index (Phi) is 5.40.